The van der Waals surface area contributed by atoms with Gasteiger partial charge < -0.3 is 4.74 Å². The van der Waals surface area contributed by atoms with Gasteiger partial charge in [-0.05, 0) is 18.2 Å². The SMILES string of the molecule is COCCN1CCN(S(=O)(=O)c2ccc(Br)cc2Cl)CC1. The van der Waals surface area contributed by atoms with Gasteiger partial charge in [0.05, 0.1) is 11.6 Å². The molecule has 0 spiro atoms. The Kier molecular flexibility index (Phi) is 6.05. The number of hydrogen-bond acceptors (Lipinski definition) is 4. The number of methoxy groups -OCH3 is 1. The van der Waals surface area contributed by atoms with Crippen molar-refractivity contribution in [2.45, 2.75) is 4.90 Å². The van der Waals surface area contributed by atoms with Gasteiger partial charge in [-0.2, -0.15) is 4.31 Å². The lowest BCUT2D eigenvalue weighted by atomic mass is 10.3. The first kappa shape index (κ1) is 17.2. The molecule has 1 aliphatic heterocycles. The topological polar surface area (TPSA) is 49.9 Å². The molecule has 1 aliphatic rings. The third-order valence-electron chi connectivity index (χ3n) is 3.45. The Morgan fingerprint density at radius 1 is 1.29 bits per heavy atom. The summed E-state index contributed by atoms with van der Waals surface area (Å²) in [6.07, 6.45) is 0. The predicted octanol–water partition coefficient (Wildman–Crippen LogP) is 2.06. The molecule has 0 bridgehead atoms. The average molecular weight is 398 g/mol. The van der Waals surface area contributed by atoms with E-state index < -0.39 is 10.0 Å². The highest BCUT2D eigenvalue weighted by Crippen LogP contribution is 2.28. The third-order valence-corrected chi connectivity index (χ3v) is 6.33. The van der Waals surface area contributed by atoms with Crippen molar-refractivity contribution in [3.8, 4) is 0 Å². The first-order chi connectivity index (χ1) is 9.95. The fraction of sp³-hybridized carbons (Fsp3) is 0.538. The fourth-order valence-electron chi connectivity index (χ4n) is 2.24. The molecule has 1 heterocycles. The maximum atomic E-state index is 12.6. The number of piperazine rings is 1. The summed E-state index contributed by atoms with van der Waals surface area (Å²) >= 11 is 9.35. The highest BCUT2D eigenvalue weighted by molar-refractivity contribution is 9.10. The summed E-state index contributed by atoms with van der Waals surface area (Å²) in [5.41, 5.74) is 0. The summed E-state index contributed by atoms with van der Waals surface area (Å²) in [7, 11) is -1.87. The van der Waals surface area contributed by atoms with Crippen molar-refractivity contribution >= 4 is 37.6 Å². The number of benzene rings is 1. The highest BCUT2D eigenvalue weighted by Gasteiger charge is 2.29. The quantitative estimate of drug-likeness (QED) is 0.763. The lowest BCUT2D eigenvalue weighted by Gasteiger charge is -2.33. The molecule has 0 saturated carbocycles. The van der Waals surface area contributed by atoms with Gasteiger partial charge in [-0.15, -0.1) is 0 Å². The van der Waals surface area contributed by atoms with Gasteiger partial charge in [0, 0.05) is 44.3 Å². The minimum absolute atomic E-state index is 0.165. The molecule has 0 atom stereocenters. The zero-order chi connectivity index (χ0) is 15.5. The van der Waals surface area contributed by atoms with E-state index in [0.717, 1.165) is 11.0 Å². The van der Waals surface area contributed by atoms with E-state index in [2.05, 4.69) is 20.8 Å². The van der Waals surface area contributed by atoms with Crippen LogP contribution in [-0.2, 0) is 14.8 Å². The van der Waals surface area contributed by atoms with Crippen LogP contribution in [-0.4, -0.2) is 64.1 Å². The van der Waals surface area contributed by atoms with Crippen LogP contribution in [0.5, 0.6) is 0 Å². The standard InChI is InChI=1S/C13H18BrClN2O3S/c1-20-9-8-16-4-6-17(7-5-16)21(18,19)13-3-2-11(14)10-12(13)15/h2-3,10H,4-9H2,1H3. The van der Waals surface area contributed by atoms with E-state index >= 15 is 0 Å². The number of nitrogens with zero attached hydrogens (tertiary/aromatic N) is 2. The Morgan fingerprint density at radius 2 is 1.95 bits per heavy atom. The highest BCUT2D eigenvalue weighted by atomic mass is 79.9. The molecule has 118 valence electrons. The van der Waals surface area contributed by atoms with E-state index in [1.54, 1.807) is 25.3 Å². The monoisotopic (exact) mass is 396 g/mol. The summed E-state index contributed by atoms with van der Waals surface area (Å²) in [5.74, 6) is 0. The minimum Gasteiger partial charge on any atom is -0.383 e. The fourth-order valence-corrected chi connectivity index (χ4v) is 4.67. The Balaban J connectivity index is 2.08. The normalized spacial score (nSPS) is 18.0. The van der Waals surface area contributed by atoms with Crippen molar-refractivity contribution in [2.24, 2.45) is 0 Å². The Morgan fingerprint density at radius 3 is 2.52 bits per heavy atom. The van der Waals surface area contributed by atoms with Crippen LogP contribution in [0.1, 0.15) is 0 Å². The molecule has 0 aromatic heterocycles. The molecular weight excluding hydrogens is 380 g/mol. The average Bonchev–Trinajstić information content (AvgIpc) is 2.45. The molecule has 0 N–H and O–H groups in total. The summed E-state index contributed by atoms with van der Waals surface area (Å²) in [6.45, 7) is 3.83. The molecule has 1 aromatic rings. The van der Waals surface area contributed by atoms with Crippen molar-refractivity contribution in [1.82, 2.24) is 9.21 Å². The predicted molar refractivity (Wildman–Crippen MR) is 86.2 cm³/mol. The van der Waals surface area contributed by atoms with Gasteiger partial charge in [0.25, 0.3) is 0 Å². The molecule has 0 radical (unpaired) electrons. The molecule has 5 nitrogen and oxygen atoms in total. The smallest absolute Gasteiger partial charge is 0.244 e. The first-order valence-corrected chi connectivity index (χ1v) is 9.23. The van der Waals surface area contributed by atoms with E-state index in [1.165, 1.54) is 4.31 Å². The van der Waals surface area contributed by atoms with Gasteiger partial charge in [0.15, 0.2) is 0 Å². The second-order valence-electron chi connectivity index (χ2n) is 4.81. The molecule has 1 saturated heterocycles. The number of rotatable bonds is 5. The van der Waals surface area contributed by atoms with Gasteiger partial charge in [-0.3, -0.25) is 4.90 Å². The van der Waals surface area contributed by atoms with Crippen LogP contribution >= 0.6 is 27.5 Å². The summed E-state index contributed by atoms with van der Waals surface area (Å²) in [6, 6.07) is 4.83. The zero-order valence-corrected chi connectivity index (χ0v) is 14.9. The van der Waals surface area contributed by atoms with E-state index in [4.69, 9.17) is 16.3 Å². The van der Waals surface area contributed by atoms with Crippen LogP contribution in [0, 0.1) is 0 Å². The van der Waals surface area contributed by atoms with Crippen molar-refractivity contribution in [1.29, 1.82) is 0 Å². The Hall–Kier alpha value is -0.180. The maximum absolute atomic E-state index is 12.6. The number of halogens is 2. The second-order valence-corrected chi connectivity index (χ2v) is 8.04. The lowest BCUT2D eigenvalue weighted by Crippen LogP contribution is -2.49. The van der Waals surface area contributed by atoms with Crippen molar-refractivity contribution in [2.75, 3.05) is 46.4 Å². The number of sulfonamides is 1. The van der Waals surface area contributed by atoms with Crippen LogP contribution in [0.15, 0.2) is 27.6 Å². The zero-order valence-electron chi connectivity index (χ0n) is 11.8. The molecule has 2 rings (SSSR count). The lowest BCUT2D eigenvalue weighted by molar-refractivity contribution is 0.123. The van der Waals surface area contributed by atoms with Crippen LogP contribution in [0.2, 0.25) is 5.02 Å². The minimum atomic E-state index is -3.53. The van der Waals surface area contributed by atoms with Crippen LogP contribution in [0.4, 0.5) is 0 Å². The van der Waals surface area contributed by atoms with Crippen molar-refractivity contribution in [3.63, 3.8) is 0 Å². The Bertz CT molecular complexity index is 589. The number of hydrogen-bond donors (Lipinski definition) is 0. The molecular formula is C13H18BrClN2O3S. The molecule has 8 heteroatoms. The van der Waals surface area contributed by atoms with Crippen molar-refractivity contribution in [3.05, 3.63) is 27.7 Å². The van der Waals surface area contributed by atoms with E-state index in [1.807, 2.05) is 0 Å². The van der Waals surface area contributed by atoms with Crippen LogP contribution < -0.4 is 0 Å². The van der Waals surface area contributed by atoms with Crippen LogP contribution in [0.25, 0.3) is 0 Å². The second kappa shape index (κ2) is 7.39. The Labute approximate surface area is 139 Å². The summed E-state index contributed by atoms with van der Waals surface area (Å²) < 4.78 is 32.5. The van der Waals surface area contributed by atoms with E-state index in [0.29, 0.717) is 32.8 Å². The van der Waals surface area contributed by atoms with Gasteiger partial charge >= 0.3 is 0 Å². The molecule has 0 aliphatic carbocycles. The van der Waals surface area contributed by atoms with Crippen LogP contribution in [0.3, 0.4) is 0 Å². The molecule has 1 fully saturated rings. The van der Waals surface area contributed by atoms with Gasteiger partial charge in [0.2, 0.25) is 10.0 Å². The van der Waals surface area contributed by atoms with Crippen molar-refractivity contribution < 1.29 is 13.2 Å². The van der Waals surface area contributed by atoms with Gasteiger partial charge in [-0.1, -0.05) is 27.5 Å². The molecule has 1 aromatic carbocycles. The van der Waals surface area contributed by atoms with E-state index in [9.17, 15) is 8.42 Å². The first-order valence-electron chi connectivity index (χ1n) is 6.61. The maximum Gasteiger partial charge on any atom is 0.244 e. The molecule has 0 amide bonds. The largest absolute Gasteiger partial charge is 0.383 e. The molecule has 0 unspecified atom stereocenters. The number of ether oxygens (including phenoxy) is 1. The van der Waals surface area contributed by atoms with Gasteiger partial charge in [-0.25, -0.2) is 8.42 Å². The summed E-state index contributed by atoms with van der Waals surface area (Å²) in [4.78, 5) is 2.36. The summed E-state index contributed by atoms with van der Waals surface area (Å²) in [5, 5.41) is 0.242. The molecule has 21 heavy (non-hydrogen) atoms. The third kappa shape index (κ3) is 4.18. The van der Waals surface area contributed by atoms with E-state index in [-0.39, 0.29) is 9.92 Å². The van der Waals surface area contributed by atoms with Gasteiger partial charge in [0.1, 0.15) is 4.90 Å².